The molecule has 1 aromatic carbocycles. The van der Waals surface area contributed by atoms with E-state index in [1.807, 2.05) is 12.1 Å². The van der Waals surface area contributed by atoms with Gasteiger partial charge < -0.3 is 15.3 Å². The van der Waals surface area contributed by atoms with Crippen LogP contribution in [0.5, 0.6) is 5.75 Å². The van der Waals surface area contributed by atoms with E-state index in [0.29, 0.717) is 12.1 Å². The molecule has 0 amide bonds. The second kappa shape index (κ2) is 7.25. The van der Waals surface area contributed by atoms with Gasteiger partial charge in [-0.2, -0.15) is 0 Å². The lowest BCUT2D eigenvalue weighted by Gasteiger charge is -2.35. The molecule has 5 heteroatoms. The zero-order valence-electron chi connectivity index (χ0n) is 12.0. The molecule has 1 heterocycles. The van der Waals surface area contributed by atoms with E-state index in [1.54, 1.807) is 0 Å². The van der Waals surface area contributed by atoms with Crippen LogP contribution in [0.3, 0.4) is 0 Å². The third kappa shape index (κ3) is 4.20. The quantitative estimate of drug-likeness (QED) is 0.797. The smallest absolute Gasteiger partial charge is 0.143 e. The van der Waals surface area contributed by atoms with Crippen LogP contribution in [0, 0.1) is 0 Å². The number of nitrogens with one attached hydrogen (secondary N) is 1. The van der Waals surface area contributed by atoms with Crippen LogP contribution in [-0.2, 0) is 6.54 Å². The van der Waals surface area contributed by atoms with Crippen molar-refractivity contribution in [3.05, 3.63) is 26.6 Å². The molecule has 0 atom stereocenters. The van der Waals surface area contributed by atoms with Crippen molar-refractivity contribution in [3.8, 4) is 5.75 Å². The molecule has 0 saturated carbocycles. The molecule has 1 aromatic rings. The van der Waals surface area contributed by atoms with Gasteiger partial charge in [0.05, 0.1) is 8.95 Å². The molecule has 0 unspecified atom stereocenters. The van der Waals surface area contributed by atoms with Crippen molar-refractivity contribution in [2.75, 3.05) is 13.1 Å². The van der Waals surface area contributed by atoms with Gasteiger partial charge in [-0.05, 0) is 89.3 Å². The Morgan fingerprint density at radius 3 is 2.30 bits per heavy atom. The number of likely N-dealkylation sites (tertiary alicyclic amines) is 1. The van der Waals surface area contributed by atoms with Crippen LogP contribution >= 0.6 is 31.9 Å². The Kier molecular flexibility index (Phi) is 5.90. The van der Waals surface area contributed by atoms with Gasteiger partial charge in [-0.15, -0.1) is 0 Å². The Bertz CT molecular complexity index is 434. The highest BCUT2D eigenvalue weighted by molar-refractivity contribution is 9.11. The lowest BCUT2D eigenvalue weighted by Crippen LogP contribution is -2.44. The van der Waals surface area contributed by atoms with Crippen LogP contribution in [0.2, 0.25) is 0 Å². The van der Waals surface area contributed by atoms with Crippen molar-refractivity contribution in [1.29, 1.82) is 0 Å². The van der Waals surface area contributed by atoms with Crippen molar-refractivity contribution in [2.45, 2.75) is 45.3 Å². The molecule has 1 aliphatic heterocycles. The van der Waals surface area contributed by atoms with Gasteiger partial charge in [-0.25, -0.2) is 0 Å². The molecule has 20 heavy (non-hydrogen) atoms. The highest BCUT2D eigenvalue weighted by Gasteiger charge is 2.20. The number of rotatable bonds is 4. The number of benzene rings is 1. The normalized spacial score (nSPS) is 17.9. The van der Waals surface area contributed by atoms with E-state index < -0.39 is 0 Å². The number of aromatic hydroxyl groups is 1. The van der Waals surface area contributed by atoms with E-state index in [9.17, 15) is 5.11 Å². The largest absolute Gasteiger partial charge is 0.506 e. The molecule has 3 nitrogen and oxygen atoms in total. The third-order valence-corrected chi connectivity index (χ3v) is 5.14. The summed E-state index contributed by atoms with van der Waals surface area (Å²) in [5.41, 5.74) is 1.17. The summed E-state index contributed by atoms with van der Waals surface area (Å²) < 4.78 is 1.47. The summed E-state index contributed by atoms with van der Waals surface area (Å²) in [7, 11) is 0. The van der Waals surface area contributed by atoms with Crippen LogP contribution < -0.4 is 5.32 Å². The summed E-state index contributed by atoms with van der Waals surface area (Å²) in [4.78, 5) is 2.53. The van der Waals surface area contributed by atoms with Crippen LogP contribution in [-0.4, -0.2) is 35.2 Å². The predicted octanol–water partition coefficient (Wildman–Crippen LogP) is 3.88. The molecule has 1 saturated heterocycles. The van der Waals surface area contributed by atoms with Crippen molar-refractivity contribution in [1.82, 2.24) is 10.2 Å². The number of hydrogen-bond acceptors (Lipinski definition) is 3. The number of phenolic OH excluding ortho intramolecular Hbond substituents is 1. The van der Waals surface area contributed by atoms with E-state index >= 15 is 0 Å². The van der Waals surface area contributed by atoms with Gasteiger partial charge in [-0.3, -0.25) is 0 Å². The SMILES string of the molecule is CC(C)N1CCC(NCc2cc(Br)c(O)c(Br)c2)CC1. The number of phenols is 1. The van der Waals surface area contributed by atoms with Crippen LogP contribution in [0.15, 0.2) is 21.1 Å². The summed E-state index contributed by atoms with van der Waals surface area (Å²) in [5, 5.41) is 13.3. The number of nitrogens with zero attached hydrogens (tertiary/aromatic N) is 1. The fourth-order valence-corrected chi connectivity index (χ4v) is 3.88. The summed E-state index contributed by atoms with van der Waals surface area (Å²) in [6.07, 6.45) is 2.41. The fourth-order valence-electron chi connectivity index (χ4n) is 2.60. The molecule has 0 aliphatic carbocycles. The molecule has 2 rings (SSSR count). The Morgan fingerprint density at radius 2 is 1.80 bits per heavy atom. The van der Waals surface area contributed by atoms with Crippen molar-refractivity contribution in [3.63, 3.8) is 0 Å². The van der Waals surface area contributed by atoms with Crippen LogP contribution in [0.4, 0.5) is 0 Å². The van der Waals surface area contributed by atoms with E-state index in [2.05, 4.69) is 55.9 Å². The Hall–Kier alpha value is -0.100. The minimum atomic E-state index is 0.263. The topological polar surface area (TPSA) is 35.5 Å². The van der Waals surface area contributed by atoms with E-state index in [1.165, 1.54) is 31.5 Å². The number of halogens is 2. The minimum absolute atomic E-state index is 0.263. The molecule has 0 bridgehead atoms. The average Bonchev–Trinajstić information content (AvgIpc) is 2.42. The second-order valence-electron chi connectivity index (χ2n) is 5.69. The van der Waals surface area contributed by atoms with Crippen molar-refractivity contribution in [2.24, 2.45) is 0 Å². The third-order valence-electron chi connectivity index (χ3n) is 3.93. The van der Waals surface area contributed by atoms with Crippen LogP contribution in [0.1, 0.15) is 32.3 Å². The standard InChI is InChI=1S/C15H22Br2N2O/c1-10(2)19-5-3-12(4-6-19)18-9-11-7-13(16)15(20)14(17)8-11/h7-8,10,12,18,20H,3-6,9H2,1-2H3. The summed E-state index contributed by atoms with van der Waals surface area (Å²) in [6, 6.07) is 5.18. The Labute approximate surface area is 138 Å². The molecule has 1 fully saturated rings. The van der Waals surface area contributed by atoms with Gasteiger partial charge in [0, 0.05) is 18.6 Å². The Morgan fingerprint density at radius 1 is 1.25 bits per heavy atom. The number of piperidine rings is 1. The van der Waals surface area contributed by atoms with Gasteiger partial charge in [0.1, 0.15) is 5.75 Å². The van der Waals surface area contributed by atoms with E-state index in [-0.39, 0.29) is 5.75 Å². The predicted molar refractivity (Wildman–Crippen MR) is 90.1 cm³/mol. The van der Waals surface area contributed by atoms with Crippen LogP contribution in [0.25, 0.3) is 0 Å². The Balaban J connectivity index is 1.85. The van der Waals surface area contributed by atoms with Gasteiger partial charge in [0.25, 0.3) is 0 Å². The first kappa shape index (κ1) is 16.3. The monoisotopic (exact) mass is 404 g/mol. The first-order chi connectivity index (χ1) is 9.47. The minimum Gasteiger partial charge on any atom is -0.506 e. The highest BCUT2D eigenvalue weighted by atomic mass is 79.9. The van der Waals surface area contributed by atoms with Crippen molar-refractivity contribution >= 4 is 31.9 Å². The fraction of sp³-hybridized carbons (Fsp3) is 0.600. The highest BCUT2D eigenvalue weighted by Crippen LogP contribution is 2.33. The van der Waals surface area contributed by atoms with Gasteiger partial charge in [0.2, 0.25) is 0 Å². The molecule has 2 N–H and O–H groups in total. The summed E-state index contributed by atoms with van der Waals surface area (Å²) in [5.74, 6) is 0.263. The zero-order valence-corrected chi connectivity index (χ0v) is 15.2. The maximum absolute atomic E-state index is 9.71. The molecular formula is C15H22Br2N2O. The molecule has 112 valence electrons. The maximum atomic E-state index is 9.71. The van der Waals surface area contributed by atoms with E-state index in [0.717, 1.165) is 15.5 Å². The van der Waals surface area contributed by atoms with Gasteiger partial charge >= 0.3 is 0 Å². The second-order valence-corrected chi connectivity index (χ2v) is 7.40. The molecule has 0 spiro atoms. The molecule has 1 aliphatic rings. The summed E-state index contributed by atoms with van der Waals surface area (Å²) >= 11 is 6.74. The zero-order chi connectivity index (χ0) is 14.7. The molecular weight excluding hydrogens is 384 g/mol. The number of hydrogen-bond donors (Lipinski definition) is 2. The first-order valence-corrected chi connectivity index (χ1v) is 8.70. The van der Waals surface area contributed by atoms with Gasteiger partial charge in [0.15, 0.2) is 0 Å². The lowest BCUT2D eigenvalue weighted by molar-refractivity contribution is 0.161. The molecule has 0 radical (unpaired) electrons. The summed E-state index contributed by atoms with van der Waals surface area (Å²) in [6.45, 7) is 7.72. The lowest BCUT2D eigenvalue weighted by atomic mass is 10.0. The maximum Gasteiger partial charge on any atom is 0.143 e. The van der Waals surface area contributed by atoms with Crippen molar-refractivity contribution < 1.29 is 5.11 Å². The van der Waals surface area contributed by atoms with E-state index in [4.69, 9.17) is 0 Å². The first-order valence-electron chi connectivity index (χ1n) is 7.11. The average molecular weight is 406 g/mol. The molecule has 0 aromatic heterocycles. The van der Waals surface area contributed by atoms with Gasteiger partial charge in [-0.1, -0.05) is 0 Å².